The number of benzene rings is 2. The monoisotopic (exact) mass is 479 g/mol. The van der Waals surface area contributed by atoms with E-state index in [1.54, 1.807) is 44.3 Å². The highest BCUT2D eigenvalue weighted by atomic mass is 35.5. The normalized spacial score (nSPS) is 14.7. The number of hydrogen-bond acceptors (Lipinski definition) is 5. The first kappa shape index (κ1) is 26.1. The van der Waals surface area contributed by atoms with Crippen LogP contribution in [0.4, 0.5) is 11.4 Å². The molecule has 0 radical (unpaired) electrons. The van der Waals surface area contributed by atoms with Gasteiger partial charge in [-0.1, -0.05) is 42.5 Å². The molecule has 5 N–H and O–H groups in total. The van der Waals surface area contributed by atoms with Crippen molar-refractivity contribution in [3.8, 4) is 0 Å². The highest BCUT2D eigenvalue weighted by Crippen LogP contribution is 2.32. The maximum absolute atomic E-state index is 12.8. The Morgan fingerprint density at radius 3 is 2.38 bits per heavy atom. The second-order valence-corrected chi connectivity index (χ2v) is 9.05. The van der Waals surface area contributed by atoms with Crippen LogP contribution in [0.15, 0.2) is 35.3 Å². The van der Waals surface area contributed by atoms with Gasteiger partial charge >= 0.3 is 0 Å². The highest BCUT2D eigenvalue weighted by molar-refractivity contribution is 6.42. The summed E-state index contributed by atoms with van der Waals surface area (Å²) in [4.78, 5) is 17.5. The van der Waals surface area contributed by atoms with Gasteiger partial charge in [-0.15, -0.1) is 0 Å². The standard InChI is InChI=1S/C23H27Cl2N3O2.CH4O/c1-23(2,30)17-12-20(26)15(13-27-16-6-4-3-5-7-16)11-21(17)28-22(29)14-8-9-18(24)19(25)10-14;1-2/h8-13,16,30H,3-7,26H2,1-2H3,(H,28,29);2H,1H3. The molecule has 32 heavy (non-hydrogen) atoms. The van der Waals surface area contributed by atoms with Crippen molar-refractivity contribution in [3.63, 3.8) is 0 Å². The van der Waals surface area contributed by atoms with Crippen LogP contribution in [0.1, 0.15) is 67.4 Å². The summed E-state index contributed by atoms with van der Waals surface area (Å²) in [6.45, 7) is 3.29. The number of hydrogen-bond donors (Lipinski definition) is 4. The predicted octanol–water partition coefficient (Wildman–Crippen LogP) is 5.42. The van der Waals surface area contributed by atoms with E-state index in [1.165, 1.54) is 25.3 Å². The van der Waals surface area contributed by atoms with E-state index in [0.29, 0.717) is 44.2 Å². The number of anilines is 2. The van der Waals surface area contributed by atoms with E-state index in [-0.39, 0.29) is 5.91 Å². The fourth-order valence-electron chi connectivity index (χ4n) is 3.60. The molecule has 1 amide bonds. The van der Waals surface area contributed by atoms with Crippen molar-refractivity contribution in [1.82, 2.24) is 0 Å². The molecule has 0 saturated heterocycles. The number of aliphatic hydroxyl groups excluding tert-OH is 1. The molecule has 8 heteroatoms. The Morgan fingerprint density at radius 1 is 1.12 bits per heavy atom. The zero-order chi connectivity index (χ0) is 23.9. The summed E-state index contributed by atoms with van der Waals surface area (Å²) < 4.78 is 0. The van der Waals surface area contributed by atoms with Crippen molar-refractivity contribution in [2.75, 3.05) is 18.2 Å². The first-order valence-corrected chi connectivity index (χ1v) is 11.3. The van der Waals surface area contributed by atoms with Crippen LogP contribution in [0.2, 0.25) is 10.0 Å². The number of aliphatic imine (C=N–C) groups is 1. The number of nitrogens with one attached hydrogen (secondary N) is 1. The Bertz CT molecular complexity index is 966. The molecular formula is C24H31Cl2N3O3. The zero-order valence-electron chi connectivity index (χ0n) is 18.7. The van der Waals surface area contributed by atoms with E-state index >= 15 is 0 Å². The van der Waals surface area contributed by atoms with Gasteiger partial charge in [0, 0.05) is 47.4 Å². The van der Waals surface area contributed by atoms with Gasteiger partial charge in [-0.25, -0.2) is 0 Å². The first-order chi connectivity index (χ1) is 15.1. The van der Waals surface area contributed by atoms with E-state index in [4.69, 9.17) is 39.0 Å². The lowest BCUT2D eigenvalue weighted by atomic mass is 9.93. The molecule has 0 aliphatic heterocycles. The number of halogens is 2. The molecule has 2 aromatic rings. The van der Waals surface area contributed by atoms with Crippen molar-refractivity contribution < 1.29 is 15.0 Å². The summed E-state index contributed by atoms with van der Waals surface area (Å²) >= 11 is 12.0. The molecule has 1 aliphatic carbocycles. The van der Waals surface area contributed by atoms with Crippen molar-refractivity contribution in [3.05, 3.63) is 57.1 Å². The van der Waals surface area contributed by atoms with Crippen LogP contribution in [0.5, 0.6) is 0 Å². The lowest BCUT2D eigenvalue weighted by molar-refractivity contribution is 0.0793. The van der Waals surface area contributed by atoms with Gasteiger partial charge in [0.15, 0.2) is 0 Å². The number of carbonyl (C=O) groups is 1. The number of carbonyl (C=O) groups excluding carboxylic acids is 1. The molecular weight excluding hydrogens is 449 g/mol. The van der Waals surface area contributed by atoms with Crippen LogP contribution in [0, 0.1) is 0 Å². The molecule has 0 atom stereocenters. The first-order valence-electron chi connectivity index (χ1n) is 10.6. The van der Waals surface area contributed by atoms with Gasteiger partial charge < -0.3 is 21.3 Å². The van der Waals surface area contributed by atoms with E-state index in [9.17, 15) is 9.90 Å². The molecule has 0 bridgehead atoms. The highest BCUT2D eigenvalue weighted by Gasteiger charge is 2.23. The van der Waals surface area contributed by atoms with E-state index in [2.05, 4.69) is 5.32 Å². The maximum Gasteiger partial charge on any atom is 0.255 e. The SMILES string of the molecule is CC(C)(O)c1cc(N)c(C=NC2CCCCC2)cc1NC(=O)c1ccc(Cl)c(Cl)c1.CO. The van der Waals surface area contributed by atoms with E-state index in [0.717, 1.165) is 20.0 Å². The summed E-state index contributed by atoms with van der Waals surface area (Å²) in [5.74, 6) is -0.362. The molecule has 1 aliphatic rings. The number of nitrogen functional groups attached to an aromatic ring is 1. The van der Waals surface area contributed by atoms with Crippen LogP contribution in [-0.4, -0.2) is 35.5 Å². The minimum Gasteiger partial charge on any atom is -0.400 e. The van der Waals surface area contributed by atoms with Crippen molar-refractivity contribution >= 4 is 46.7 Å². The van der Waals surface area contributed by atoms with Gasteiger partial charge in [-0.2, -0.15) is 0 Å². The molecule has 0 heterocycles. The minimum atomic E-state index is -1.20. The van der Waals surface area contributed by atoms with Gasteiger partial charge in [0.05, 0.1) is 15.6 Å². The Morgan fingerprint density at radius 2 is 1.78 bits per heavy atom. The van der Waals surface area contributed by atoms with Crippen LogP contribution in [-0.2, 0) is 5.60 Å². The Kier molecular flexibility index (Phi) is 9.52. The minimum absolute atomic E-state index is 0.296. The lowest BCUT2D eigenvalue weighted by Gasteiger charge is -2.23. The molecule has 6 nitrogen and oxygen atoms in total. The van der Waals surface area contributed by atoms with Crippen LogP contribution in [0.3, 0.4) is 0 Å². The predicted molar refractivity (Wildman–Crippen MR) is 133 cm³/mol. The van der Waals surface area contributed by atoms with Gasteiger partial charge in [-0.3, -0.25) is 9.79 Å². The van der Waals surface area contributed by atoms with E-state index in [1.807, 2.05) is 0 Å². The fraction of sp³-hybridized carbons (Fsp3) is 0.417. The van der Waals surface area contributed by atoms with Gasteiger partial charge in [0.25, 0.3) is 5.91 Å². The smallest absolute Gasteiger partial charge is 0.255 e. The molecule has 2 aromatic carbocycles. The third-order valence-corrected chi connectivity index (χ3v) is 6.05. The number of rotatable bonds is 5. The molecule has 0 spiro atoms. The zero-order valence-corrected chi connectivity index (χ0v) is 20.2. The third kappa shape index (κ3) is 6.94. The van der Waals surface area contributed by atoms with Crippen molar-refractivity contribution in [2.24, 2.45) is 4.99 Å². The second-order valence-electron chi connectivity index (χ2n) is 8.24. The Balaban J connectivity index is 0.00000176. The summed E-state index contributed by atoms with van der Waals surface area (Å²) in [6, 6.07) is 8.42. The molecule has 0 unspecified atom stereocenters. The quantitative estimate of drug-likeness (QED) is 0.339. The molecule has 1 fully saturated rings. The third-order valence-electron chi connectivity index (χ3n) is 5.31. The molecule has 0 aromatic heterocycles. The summed E-state index contributed by atoms with van der Waals surface area (Å²) in [7, 11) is 1.00. The largest absolute Gasteiger partial charge is 0.400 e. The van der Waals surface area contributed by atoms with Crippen LogP contribution >= 0.6 is 23.2 Å². The molecule has 1 saturated carbocycles. The summed E-state index contributed by atoms with van der Waals surface area (Å²) in [6.07, 6.45) is 7.59. The van der Waals surface area contributed by atoms with Crippen molar-refractivity contribution in [1.29, 1.82) is 0 Å². The maximum atomic E-state index is 12.8. The Labute approximate surface area is 199 Å². The van der Waals surface area contributed by atoms with Crippen LogP contribution < -0.4 is 11.1 Å². The number of nitrogens with two attached hydrogens (primary N) is 1. The van der Waals surface area contributed by atoms with E-state index < -0.39 is 5.60 Å². The topological polar surface area (TPSA) is 108 Å². The second kappa shape index (κ2) is 11.7. The summed E-state index contributed by atoms with van der Waals surface area (Å²) in [5, 5.41) is 21.1. The average molecular weight is 480 g/mol. The van der Waals surface area contributed by atoms with Gasteiger partial charge in [0.2, 0.25) is 0 Å². The average Bonchev–Trinajstić information content (AvgIpc) is 2.77. The molecule has 174 valence electrons. The summed E-state index contributed by atoms with van der Waals surface area (Å²) in [5.41, 5.74) is 7.59. The number of aliphatic hydroxyl groups is 2. The fourth-order valence-corrected chi connectivity index (χ4v) is 3.90. The van der Waals surface area contributed by atoms with Gasteiger partial charge in [0.1, 0.15) is 0 Å². The lowest BCUT2D eigenvalue weighted by Crippen LogP contribution is -2.22. The Hall–Kier alpha value is -2.12. The van der Waals surface area contributed by atoms with Gasteiger partial charge in [-0.05, 0) is 57.0 Å². The number of amides is 1. The molecule has 3 rings (SSSR count). The van der Waals surface area contributed by atoms with Crippen LogP contribution in [0.25, 0.3) is 0 Å². The number of nitrogens with zero attached hydrogens (tertiary/aromatic N) is 1. The van der Waals surface area contributed by atoms with Crippen molar-refractivity contribution in [2.45, 2.75) is 57.6 Å².